The topological polar surface area (TPSA) is 64.7 Å². The Kier molecular flexibility index (Phi) is 6.78. The molecule has 0 bridgehead atoms. The largest absolute Gasteiger partial charge is 0.325 e. The molecule has 0 radical (unpaired) electrons. The lowest BCUT2D eigenvalue weighted by Crippen LogP contribution is -2.47. The van der Waals surface area contributed by atoms with Gasteiger partial charge in [0.2, 0.25) is 5.91 Å². The number of nitrogens with zero attached hydrogens (tertiary/aromatic N) is 2. The van der Waals surface area contributed by atoms with Crippen LogP contribution in [-0.4, -0.2) is 54.5 Å². The van der Waals surface area contributed by atoms with Crippen molar-refractivity contribution in [2.75, 3.05) is 38.0 Å². The number of carbonyl (C=O) groups is 2. The molecule has 1 aromatic rings. The third-order valence-electron chi connectivity index (χ3n) is 5.98. The molecular formula is C20H28ClFN4O2. The van der Waals surface area contributed by atoms with Crippen molar-refractivity contribution in [1.29, 1.82) is 0 Å². The normalized spacial score (nSPS) is 19.8. The van der Waals surface area contributed by atoms with Crippen LogP contribution in [0.3, 0.4) is 0 Å². The standard InChI is InChI=1S/C20H27FN4O2.ClH/c21-18-16-5-8-22-13-15(16)3-4-17(18)23-19(26)14-6-11-25(12-7-14)20(27)24-9-1-2-10-24;/h3-4,14,22H,1-2,5-13H2,(H,23,26);1H. The molecule has 0 unspecified atom stereocenters. The average molecular weight is 411 g/mol. The Bertz CT molecular complexity index is 731. The molecule has 4 rings (SSSR count). The molecule has 8 heteroatoms. The summed E-state index contributed by atoms with van der Waals surface area (Å²) in [4.78, 5) is 28.8. The maximum atomic E-state index is 14.7. The Balaban J connectivity index is 0.00000225. The van der Waals surface area contributed by atoms with Crippen LogP contribution in [0.25, 0.3) is 0 Å². The summed E-state index contributed by atoms with van der Waals surface area (Å²) < 4.78 is 14.7. The van der Waals surface area contributed by atoms with Crippen molar-refractivity contribution in [1.82, 2.24) is 15.1 Å². The van der Waals surface area contributed by atoms with E-state index in [9.17, 15) is 14.0 Å². The highest BCUT2D eigenvalue weighted by atomic mass is 35.5. The molecule has 28 heavy (non-hydrogen) atoms. The van der Waals surface area contributed by atoms with Gasteiger partial charge in [-0.05, 0) is 55.8 Å². The number of urea groups is 1. The van der Waals surface area contributed by atoms with Crippen LogP contribution >= 0.6 is 12.4 Å². The molecule has 2 N–H and O–H groups in total. The molecule has 0 aliphatic carbocycles. The van der Waals surface area contributed by atoms with Gasteiger partial charge in [0, 0.05) is 38.6 Å². The average Bonchev–Trinajstić information content (AvgIpc) is 3.25. The molecule has 0 aromatic heterocycles. The van der Waals surface area contributed by atoms with Gasteiger partial charge >= 0.3 is 6.03 Å². The number of likely N-dealkylation sites (tertiary alicyclic amines) is 2. The molecule has 2 fully saturated rings. The minimum atomic E-state index is -0.302. The smallest absolute Gasteiger partial charge is 0.319 e. The van der Waals surface area contributed by atoms with E-state index >= 15 is 0 Å². The van der Waals surface area contributed by atoms with Gasteiger partial charge in [0.05, 0.1) is 5.69 Å². The molecule has 1 aromatic carbocycles. The molecule has 3 aliphatic rings. The van der Waals surface area contributed by atoms with Gasteiger partial charge in [0.15, 0.2) is 0 Å². The van der Waals surface area contributed by atoms with Crippen molar-refractivity contribution in [2.24, 2.45) is 5.92 Å². The second-order valence-electron chi connectivity index (χ2n) is 7.72. The quantitative estimate of drug-likeness (QED) is 0.788. The maximum absolute atomic E-state index is 14.7. The summed E-state index contributed by atoms with van der Waals surface area (Å²) >= 11 is 0. The van der Waals surface area contributed by atoms with Crippen LogP contribution in [0, 0.1) is 11.7 Å². The van der Waals surface area contributed by atoms with Gasteiger partial charge in [-0.2, -0.15) is 0 Å². The lowest BCUT2D eigenvalue weighted by Gasteiger charge is -2.34. The van der Waals surface area contributed by atoms with Crippen LogP contribution in [-0.2, 0) is 17.8 Å². The number of amides is 3. The fourth-order valence-electron chi connectivity index (χ4n) is 4.31. The van der Waals surface area contributed by atoms with Crippen LogP contribution in [0.4, 0.5) is 14.9 Å². The van der Waals surface area contributed by atoms with Crippen molar-refractivity contribution in [3.05, 3.63) is 29.1 Å². The van der Waals surface area contributed by atoms with E-state index < -0.39 is 0 Å². The van der Waals surface area contributed by atoms with E-state index in [0.29, 0.717) is 44.5 Å². The van der Waals surface area contributed by atoms with E-state index in [0.717, 1.165) is 38.0 Å². The van der Waals surface area contributed by atoms with Crippen molar-refractivity contribution >= 4 is 30.0 Å². The first-order valence-electron chi connectivity index (χ1n) is 9.99. The Morgan fingerprint density at radius 3 is 2.46 bits per heavy atom. The first kappa shape index (κ1) is 20.9. The summed E-state index contributed by atoms with van der Waals surface area (Å²) in [5.41, 5.74) is 1.94. The van der Waals surface area contributed by atoms with Gasteiger partial charge in [-0.3, -0.25) is 4.79 Å². The summed E-state index contributed by atoms with van der Waals surface area (Å²) in [6, 6.07) is 3.64. The highest BCUT2D eigenvalue weighted by Gasteiger charge is 2.31. The second kappa shape index (κ2) is 9.09. The first-order chi connectivity index (χ1) is 13.1. The van der Waals surface area contributed by atoms with Gasteiger partial charge < -0.3 is 20.4 Å². The van der Waals surface area contributed by atoms with E-state index in [4.69, 9.17) is 0 Å². The van der Waals surface area contributed by atoms with Crippen molar-refractivity contribution in [3.8, 4) is 0 Å². The van der Waals surface area contributed by atoms with Gasteiger partial charge in [0.25, 0.3) is 0 Å². The number of halogens is 2. The molecule has 154 valence electrons. The number of rotatable bonds is 2. The fourth-order valence-corrected chi connectivity index (χ4v) is 4.31. The van der Waals surface area contributed by atoms with Crippen LogP contribution < -0.4 is 10.6 Å². The van der Waals surface area contributed by atoms with E-state index in [2.05, 4.69) is 10.6 Å². The number of hydrogen-bond donors (Lipinski definition) is 2. The van der Waals surface area contributed by atoms with E-state index in [1.54, 1.807) is 6.07 Å². The number of nitrogens with one attached hydrogen (secondary N) is 2. The van der Waals surface area contributed by atoms with Gasteiger partial charge in [-0.1, -0.05) is 6.07 Å². The number of hydrogen-bond acceptors (Lipinski definition) is 3. The fraction of sp³-hybridized carbons (Fsp3) is 0.600. The lowest BCUT2D eigenvalue weighted by molar-refractivity contribution is -0.121. The monoisotopic (exact) mass is 410 g/mol. The minimum absolute atomic E-state index is 0. The Morgan fingerprint density at radius 1 is 1.07 bits per heavy atom. The lowest BCUT2D eigenvalue weighted by atomic mass is 9.95. The van der Waals surface area contributed by atoms with E-state index in [1.807, 2.05) is 15.9 Å². The third-order valence-corrected chi connectivity index (χ3v) is 5.98. The summed E-state index contributed by atoms with van der Waals surface area (Å²) in [7, 11) is 0. The zero-order valence-electron chi connectivity index (χ0n) is 16.0. The zero-order valence-corrected chi connectivity index (χ0v) is 16.8. The summed E-state index contributed by atoms with van der Waals surface area (Å²) in [6.45, 7) is 4.28. The van der Waals surface area contributed by atoms with E-state index in [-0.39, 0.29) is 41.8 Å². The molecule has 0 spiro atoms. The molecule has 6 nitrogen and oxygen atoms in total. The molecule has 2 saturated heterocycles. The Labute approximate surface area is 171 Å². The molecule has 0 atom stereocenters. The highest BCUT2D eigenvalue weighted by Crippen LogP contribution is 2.26. The van der Waals surface area contributed by atoms with Crippen LogP contribution in [0.5, 0.6) is 0 Å². The molecule has 3 aliphatic heterocycles. The highest BCUT2D eigenvalue weighted by molar-refractivity contribution is 5.93. The zero-order chi connectivity index (χ0) is 18.8. The minimum Gasteiger partial charge on any atom is -0.325 e. The maximum Gasteiger partial charge on any atom is 0.319 e. The predicted molar refractivity (Wildman–Crippen MR) is 108 cm³/mol. The van der Waals surface area contributed by atoms with E-state index in [1.165, 1.54) is 0 Å². The van der Waals surface area contributed by atoms with Gasteiger partial charge in [-0.25, -0.2) is 9.18 Å². The molecule has 0 saturated carbocycles. The Morgan fingerprint density at radius 2 is 1.75 bits per heavy atom. The Hall–Kier alpha value is -1.86. The second-order valence-corrected chi connectivity index (χ2v) is 7.72. The van der Waals surface area contributed by atoms with Crippen molar-refractivity contribution in [3.63, 3.8) is 0 Å². The molecule has 3 heterocycles. The predicted octanol–water partition coefficient (Wildman–Crippen LogP) is 2.76. The number of piperidine rings is 1. The molecule has 3 amide bonds. The van der Waals surface area contributed by atoms with Crippen LogP contribution in [0.2, 0.25) is 0 Å². The number of anilines is 1. The summed E-state index contributed by atoms with van der Waals surface area (Å²) in [6.07, 6.45) is 4.05. The van der Waals surface area contributed by atoms with Gasteiger partial charge in [-0.15, -0.1) is 12.4 Å². The van der Waals surface area contributed by atoms with Crippen molar-refractivity contribution in [2.45, 2.75) is 38.6 Å². The van der Waals surface area contributed by atoms with Crippen molar-refractivity contribution < 1.29 is 14.0 Å². The van der Waals surface area contributed by atoms with Crippen LogP contribution in [0.15, 0.2) is 12.1 Å². The number of fused-ring (bicyclic) bond motifs is 1. The SMILES string of the molecule is Cl.O=C(Nc1ccc2c(c1F)CCNC2)C1CCN(C(=O)N2CCCC2)CC1. The first-order valence-corrected chi connectivity index (χ1v) is 9.99. The molecular weight excluding hydrogens is 383 g/mol. The third kappa shape index (κ3) is 4.25. The number of carbonyl (C=O) groups excluding carboxylic acids is 2. The van der Waals surface area contributed by atoms with Gasteiger partial charge in [0.1, 0.15) is 5.82 Å². The summed E-state index contributed by atoms with van der Waals surface area (Å²) in [5, 5.41) is 6.00. The van der Waals surface area contributed by atoms with Crippen LogP contribution in [0.1, 0.15) is 36.8 Å². The number of benzene rings is 1. The summed E-state index contributed by atoms with van der Waals surface area (Å²) in [5.74, 6) is -0.621.